The van der Waals surface area contributed by atoms with Crippen LogP contribution in [-0.2, 0) is 9.59 Å². The Morgan fingerprint density at radius 1 is 1.23 bits per heavy atom. The van der Waals surface area contributed by atoms with E-state index in [4.69, 9.17) is 5.73 Å². The maximum Gasteiger partial charge on any atom is 0.222 e. The van der Waals surface area contributed by atoms with Gasteiger partial charge < -0.3 is 16.4 Å². The van der Waals surface area contributed by atoms with Crippen molar-refractivity contribution in [2.45, 2.75) is 50.6 Å². The summed E-state index contributed by atoms with van der Waals surface area (Å²) in [5.74, 6) is -0.203. The number of nitrogens with one attached hydrogen (secondary N) is 2. The van der Waals surface area contributed by atoms with Gasteiger partial charge in [-0.3, -0.25) is 9.59 Å². The Morgan fingerprint density at radius 2 is 1.86 bits per heavy atom. The van der Waals surface area contributed by atoms with Crippen LogP contribution in [0.15, 0.2) is 30.3 Å². The fourth-order valence-corrected chi connectivity index (χ4v) is 3.15. The lowest BCUT2D eigenvalue weighted by atomic mass is 9.96. The molecule has 0 heterocycles. The highest BCUT2D eigenvalue weighted by atomic mass is 16.2. The van der Waals surface area contributed by atoms with Gasteiger partial charge in [0.25, 0.3) is 0 Å². The number of carbonyl (C=O) groups excluding carboxylic acids is 2. The van der Waals surface area contributed by atoms with Crippen LogP contribution in [0.5, 0.6) is 0 Å². The van der Waals surface area contributed by atoms with Crippen LogP contribution in [0.2, 0.25) is 0 Å². The van der Waals surface area contributed by atoms with Crippen molar-refractivity contribution >= 4 is 11.8 Å². The van der Waals surface area contributed by atoms with Gasteiger partial charge in [0.05, 0.1) is 18.0 Å². The van der Waals surface area contributed by atoms with Gasteiger partial charge in [0.1, 0.15) is 0 Å². The highest BCUT2D eigenvalue weighted by molar-refractivity contribution is 5.79. The zero-order chi connectivity index (χ0) is 16.0. The average molecular weight is 303 g/mol. The molecule has 0 spiro atoms. The molecule has 0 aromatic heterocycles. The van der Waals surface area contributed by atoms with Crippen LogP contribution < -0.4 is 16.4 Å². The number of hydrogen-bond acceptors (Lipinski definition) is 3. The Hall–Kier alpha value is -1.88. The van der Waals surface area contributed by atoms with E-state index in [-0.39, 0.29) is 29.8 Å². The van der Waals surface area contributed by atoms with Crippen LogP contribution in [0.25, 0.3) is 0 Å². The minimum atomic E-state index is -0.310. The van der Waals surface area contributed by atoms with E-state index in [1.165, 1.54) is 6.92 Å². The minimum Gasteiger partial charge on any atom is -0.349 e. The van der Waals surface area contributed by atoms with Crippen LogP contribution >= 0.6 is 0 Å². The second kappa shape index (κ2) is 7.40. The first kappa shape index (κ1) is 16.5. The molecule has 1 aliphatic carbocycles. The van der Waals surface area contributed by atoms with Crippen molar-refractivity contribution in [2.24, 2.45) is 5.73 Å². The summed E-state index contributed by atoms with van der Waals surface area (Å²) in [5.41, 5.74) is 6.53. The molecule has 1 fully saturated rings. The largest absolute Gasteiger partial charge is 0.349 e. The molecular weight excluding hydrogens is 278 g/mol. The number of nitrogens with two attached hydrogens (primary N) is 1. The number of carbonyl (C=O) groups is 2. The highest BCUT2D eigenvalue weighted by Gasteiger charge is 2.34. The van der Waals surface area contributed by atoms with Gasteiger partial charge in [0.2, 0.25) is 11.8 Å². The van der Waals surface area contributed by atoms with E-state index >= 15 is 0 Å². The predicted molar refractivity (Wildman–Crippen MR) is 86.0 cm³/mol. The van der Waals surface area contributed by atoms with E-state index in [0.717, 1.165) is 31.2 Å². The Morgan fingerprint density at radius 3 is 2.41 bits per heavy atom. The molecule has 5 nitrogen and oxygen atoms in total. The van der Waals surface area contributed by atoms with E-state index in [0.29, 0.717) is 6.54 Å². The molecule has 0 radical (unpaired) electrons. The van der Waals surface area contributed by atoms with E-state index in [2.05, 4.69) is 10.6 Å². The second-order valence-electron chi connectivity index (χ2n) is 6.11. The molecule has 120 valence electrons. The van der Waals surface area contributed by atoms with E-state index in [1.807, 2.05) is 30.3 Å². The SMILES string of the molecule is CC(=O)NC(CC(=O)NC1(CN)CCCC1)c1ccccc1. The van der Waals surface area contributed by atoms with Gasteiger partial charge in [0, 0.05) is 13.5 Å². The summed E-state index contributed by atoms with van der Waals surface area (Å²) in [6, 6.07) is 9.25. The molecule has 1 aliphatic rings. The van der Waals surface area contributed by atoms with Crippen LogP contribution in [0, 0.1) is 0 Å². The Kier molecular flexibility index (Phi) is 5.55. The third-order valence-corrected chi connectivity index (χ3v) is 4.32. The first-order valence-electron chi connectivity index (χ1n) is 7.88. The lowest BCUT2D eigenvalue weighted by Crippen LogP contribution is -2.52. The summed E-state index contributed by atoms with van der Waals surface area (Å²) < 4.78 is 0. The molecule has 0 bridgehead atoms. The van der Waals surface area contributed by atoms with Crippen molar-refractivity contribution in [3.05, 3.63) is 35.9 Å². The lowest BCUT2D eigenvalue weighted by Gasteiger charge is -2.29. The zero-order valence-electron chi connectivity index (χ0n) is 13.1. The molecule has 1 aromatic rings. The summed E-state index contributed by atoms with van der Waals surface area (Å²) in [7, 11) is 0. The summed E-state index contributed by atoms with van der Waals surface area (Å²) in [6.45, 7) is 1.93. The Labute approximate surface area is 131 Å². The number of rotatable bonds is 6. The normalized spacial score (nSPS) is 17.7. The topological polar surface area (TPSA) is 84.2 Å². The van der Waals surface area contributed by atoms with Crippen LogP contribution in [0.4, 0.5) is 0 Å². The Bertz CT molecular complexity index is 510. The van der Waals surface area contributed by atoms with Gasteiger partial charge in [-0.1, -0.05) is 43.2 Å². The van der Waals surface area contributed by atoms with Gasteiger partial charge in [0.15, 0.2) is 0 Å². The zero-order valence-corrected chi connectivity index (χ0v) is 13.1. The summed E-state index contributed by atoms with van der Waals surface area (Å²) in [4.78, 5) is 23.8. The average Bonchev–Trinajstić information content (AvgIpc) is 2.96. The van der Waals surface area contributed by atoms with Crippen LogP contribution in [0.3, 0.4) is 0 Å². The molecule has 2 rings (SSSR count). The third kappa shape index (κ3) is 4.31. The number of benzene rings is 1. The predicted octanol–water partition coefficient (Wildman–Crippen LogP) is 1.64. The molecule has 5 heteroatoms. The molecule has 1 saturated carbocycles. The first-order chi connectivity index (χ1) is 10.5. The maximum absolute atomic E-state index is 12.4. The second-order valence-corrected chi connectivity index (χ2v) is 6.11. The maximum atomic E-state index is 12.4. The van der Waals surface area contributed by atoms with E-state index < -0.39 is 0 Å². The monoisotopic (exact) mass is 303 g/mol. The van der Waals surface area contributed by atoms with E-state index in [9.17, 15) is 9.59 Å². The van der Waals surface area contributed by atoms with E-state index in [1.54, 1.807) is 0 Å². The fraction of sp³-hybridized carbons (Fsp3) is 0.529. The van der Waals surface area contributed by atoms with Crippen molar-refractivity contribution < 1.29 is 9.59 Å². The van der Waals surface area contributed by atoms with Gasteiger partial charge in [-0.2, -0.15) is 0 Å². The molecule has 4 N–H and O–H groups in total. The number of hydrogen-bond donors (Lipinski definition) is 3. The van der Waals surface area contributed by atoms with Crippen molar-refractivity contribution in [1.82, 2.24) is 10.6 Å². The van der Waals surface area contributed by atoms with Gasteiger partial charge in [-0.15, -0.1) is 0 Å². The van der Waals surface area contributed by atoms with Gasteiger partial charge in [-0.05, 0) is 18.4 Å². The van der Waals surface area contributed by atoms with Crippen molar-refractivity contribution in [3.63, 3.8) is 0 Å². The van der Waals surface area contributed by atoms with Crippen molar-refractivity contribution in [1.29, 1.82) is 0 Å². The minimum absolute atomic E-state index is 0.0602. The van der Waals surface area contributed by atoms with Gasteiger partial charge in [-0.25, -0.2) is 0 Å². The molecule has 1 unspecified atom stereocenters. The molecule has 22 heavy (non-hydrogen) atoms. The lowest BCUT2D eigenvalue weighted by molar-refractivity contribution is -0.124. The van der Waals surface area contributed by atoms with Crippen LogP contribution in [0.1, 0.15) is 50.6 Å². The molecule has 1 aromatic carbocycles. The third-order valence-electron chi connectivity index (χ3n) is 4.32. The smallest absolute Gasteiger partial charge is 0.222 e. The molecule has 1 atom stereocenters. The molecule has 0 aliphatic heterocycles. The van der Waals surface area contributed by atoms with Gasteiger partial charge >= 0.3 is 0 Å². The molecule has 0 saturated heterocycles. The quantitative estimate of drug-likeness (QED) is 0.747. The Balaban J connectivity index is 2.03. The molecular formula is C17H25N3O2. The highest BCUT2D eigenvalue weighted by Crippen LogP contribution is 2.29. The summed E-state index contributed by atoms with van der Waals surface area (Å²) in [6.07, 6.45) is 4.30. The molecule has 2 amide bonds. The first-order valence-corrected chi connectivity index (χ1v) is 7.88. The standard InChI is InChI=1S/C17H25N3O2/c1-13(21)19-15(14-7-3-2-4-8-14)11-16(22)20-17(12-18)9-5-6-10-17/h2-4,7-8,15H,5-6,9-12,18H2,1H3,(H,19,21)(H,20,22). The summed E-state index contributed by atoms with van der Waals surface area (Å²) in [5, 5.41) is 5.95. The number of amides is 2. The van der Waals surface area contributed by atoms with Crippen LogP contribution in [-0.4, -0.2) is 23.9 Å². The van der Waals surface area contributed by atoms with Crippen molar-refractivity contribution in [3.8, 4) is 0 Å². The summed E-state index contributed by atoms with van der Waals surface area (Å²) >= 11 is 0. The fourth-order valence-electron chi connectivity index (χ4n) is 3.15. The van der Waals surface area contributed by atoms with Crippen molar-refractivity contribution in [2.75, 3.05) is 6.54 Å².